The Labute approximate surface area is 80.4 Å². The summed E-state index contributed by atoms with van der Waals surface area (Å²) in [6.45, 7) is 9.29. The van der Waals surface area contributed by atoms with Crippen LogP contribution in [0.2, 0.25) is 0 Å². The van der Waals surface area contributed by atoms with Gasteiger partial charge >= 0.3 is 0 Å². The SMILES string of the molecule is C=C(Cl)CN1CCCCC(C)C1. The van der Waals surface area contributed by atoms with Crippen molar-refractivity contribution in [2.75, 3.05) is 19.6 Å². The van der Waals surface area contributed by atoms with E-state index in [0.717, 1.165) is 17.5 Å². The van der Waals surface area contributed by atoms with Gasteiger partial charge in [0.1, 0.15) is 0 Å². The van der Waals surface area contributed by atoms with Gasteiger partial charge in [0.05, 0.1) is 0 Å². The van der Waals surface area contributed by atoms with Gasteiger partial charge in [0.15, 0.2) is 0 Å². The van der Waals surface area contributed by atoms with Gasteiger partial charge < -0.3 is 0 Å². The summed E-state index contributed by atoms with van der Waals surface area (Å²) in [4.78, 5) is 2.41. The number of hydrogen-bond acceptors (Lipinski definition) is 1. The van der Waals surface area contributed by atoms with Gasteiger partial charge in [-0.15, -0.1) is 0 Å². The quantitative estimate of drug-likeness (QED) is 0.643. The third kappa shape index (κ3) is 3.59. The van der Waals surface area contributed by atoms with Crippen LogP contribution in [0.5, 0.6) is 0 Å². The number of nitrogens with zero attached hydrogens (tertiary/aromatic N) is 1. The van der Waals surface area contributed by atoms with E-state index >= 15 is 0 Å². The maximum Gasteiger partial charge on any atom is 0.0335 e. The Hall–Kier alpha value is -0.0100. The number of hydrogen-bond donors (Lipinski definition) is 0. The predicted molar refractivity (Wildman–Crippen MR) is 54.4 cm³/mol. The summed E-state index contributed by atoms with van der Waals surface area (Å²) in [5.41, 5.74) is 0. The standard InChI is InChI=1S/C10H18ClN/c1-9-5-3-4-6-12(7-9)8-10(2)11/h9H,2-8H2,1H3. The van der Waals surface area contributed by atoms with Crippen LogP contribution < -0.4 is 0 Å². The van der Waals surface area contributed by atoms with Crippen molar-refractivity contribution in [3.8, 4) is 0 Å². The fraction of sp³-hybridized carbons (Fsp3) is 0.800. The highest BCUT2D eigenvalue weighted by Gasteiger charge is 2.14. The van der Waals surface area contributed by atoms with Gasteiger partial charge in [0, 0.05) is 18.1 Å². The average molecular weight is 188 g/mol. The summed E-state index contributed by atoms with van der Waals surface area (Å²) in [6.07, 6.45) is 4.05. The Morgan fingerprint density at radius 1 is 1.58 bits per heavy atom. The fourth-order valence-electron chi connectivity index (χ4n) is 1.84. The summed E-state index contributed by atoms with van der Waals surface area (Å²) in [5, 5.41) is 0.768. The lowest BCUT2D eigenvalue weighted by Crippen LogP contribution is -2.28. The molecule has 0 saturated carbocycles. The van der Waals surface area contributed by atoms with Gasteiger partial charge in [-0.3, -0.25) is 4.90 Å². The van der Waals surface area contributed by atoms with Gasteiger partial charge in [-0.05, 0) is 25.3 Å². The molecule has 0 aromatic rings. The molecule has 0 aliphatic carbocycles. The minimum Gasteiger partial charge on any atom is -0.298 e. The molecule has 0 aromatic heterocycles. The smallest absolute Gasteiger partial charge is 0.0335 e. The largest absolute Gasteiger partial charge is 0.298 e. The summed E-state index contributed by atoms with van der Waals surface area (Å²) < 4.78 is 0. The fourth-order valence-corrected chi connectivity index (χ4v) is 2.01. The van der Waals surface area contributed by atoms with E-state index in [4.69, 9.17) is 11.6 Å². The molecule has 1 fully saturated rings. The molecule has 0 amide bonds. The Kier molecular flexibility index (Phi) is 4.10. The van der Waals surface area contributed by atoms with Crippen molar-refractivity contribution in [3.05, 3.63) is 11.6 Å². The number of halogens is 1. The first-order valence-corrected chi connectivity index (χ1v) is 5.12. The number of rotatable bonds is 2. The Bertz CT molecular complexity index is 156. The predicted octanol–water partition coefficient (Wildman–Crippen LogP) is 2.86. The molecule has 1 heterocycles. The van der Waals surface area contributed by atoms with Crippen molar-refractivity contribution < 1.29 is 0 Å². The van der Waals surface area contributed by atoms with Gasteiger partial charge in [-0.25, -0.2) is 0 Å². The second kappa shape index (κ2) is 4.88. The molecule has 1 aliphatic heterocycles. The van der Waals surface area contributed by atoms with Gasteiger partial charge in [0.25, 0.3) is 0 Å². The zero-order valence-corrected chi connectivity index (χ0v) is 8.61. The molecule has 2 heteroatoms. The first-order valence-electron chi connectivity index (χ1n) is 4.74. The number of likely N-dealkylation sites (tertiary alicyclic amines) is 1. The zero-order chi connectivity index (χ0) is 8.97. The van der Waals surface area contributed by atoms with Crippen molar-refractivity contribution >= 4 is 11.6 Å². The Balaban J connectivity index is 2.35. The third-order valence-electron chi connectivity index (χ3n) is 2.39. The van der Waals surface area contributed by atoms with Crippen LogP contribution in [0, 0.1) is 5.92 Å². The molecule has 12 heavy (non-hydrogen) atoms. The molecule has 1 nitrogen and oxygen atoms in total. The minimum atomic E-state index is 0.768. The second-order valence-corrected chi connectivity index (χ2v) is 4.39. The van der Waals surface area contributed by atoms with E-state index in [1.807, 2.05) is 0 Å². The molecule has 0 N–H and O–H groups in total. The summed E-state index contributed by atoms with van der Waals surface area (Å²) in [5.74, 6) is 0.823. The summed E-state index contributed by atoms with van der Waals surface area (Å²) >= 11 is 5.78. The van der Waals surface area contributed by atoms with Crippen LogP contribution in [0.25, 0.3) is 0 Å². The van der Waals surface area contributed by atoms with E-state index in [2.05, 4.69) is 18.4 Å². The van der Waals surface area contributed by atoms with Crippen LogP contribution in [0.4, 0.5) is 0 Å². The third-order valence-corrected chi connectivity index (χ3v) is 2.51. The van der Waals surface area contributed by atoms with Crippen LogP contribution in [0.15, 0.2) is 11.6 Å². The highest BCUT2D eigenvalue weighted by Crippen LogP contribution is 2.16. The molecule has 1 saturated heterocycles. The molecule has 1 aliphatic rings. The van der Waals surface area contributed by atoms with Gasteiger partial charge in [-0.1, -0.05) is 31.5 Å². The van der Waals surface area contributed by atoms with E-state index in [1.165, 1.54) is 32.4 Å². The van der Waals surface area contributed by atoms with E-state index in [1.54, 1.807) is 0 Å². The van der Waals surface area contributed by atoms with E-state index in [-0.39, 0.29) is 0 Å². The second-order valence-electron chi connectivity index (χ2n) is 3.85. The molecular weight excluding hydrogens is 170 g/mol. The normalized spacial score (nSPS) is 26.7. The molecule has 0 spiro atoms. The van der Waals surface area contributed by atoms with Crippen molar-refractivity contribution in [2.45, 2.75) is 26.2 Å². The molecule has 1 atom stereocenters. The van der Waals surface area contributed by atoms with Crippen LogP contribution in [0.1, 0.15) is 26.2 Å². The first kappa shape index (κ1) is 10.1. The minimum absolute atomic E-state index is 0.768. The Morgan fingerprint density at radius 3 is 3.00 bits per heavy atom. The van der Waals surface area contributed by atoms with E-state index in [9.17, 15) is 0 Å². The van der Waals surface area contributed by atoms with Crippen molar-refractivity contribution in [1.82, 2.24) is 4.90 Å². The Morgan fingerprint density at radius 2 is 2.33 bits per heavy atom. The lowest BCUT2D eigenvalue weighted by atomic mass is 10.1. The van der Waals surface area contributed by atoms with Gasteiger partial charge in [-0.2, -0.15) is 0 Å². The van der Waals surface area contributed by atoms with Crippen LogP contribution in [-0.2, 0) is 0 Å². The maximum absolute atomic E-state index is 5.78. The zero-order valence-electron chi connectivity index (χ0n) is 7.85. The highest BCUT2D eigenvalue weighted by molar-refractivity contribution is 6.29. The topological polar surface area (TPSA) is 3.24 Å². The van der Waals surface area contributed by atoms with Crippen LogP contribution in [-0.4, -0.2) is 24.5 Å². The molecule has 0 radical (unpaired) electrons. The average Bonchev–Trinajstić information content (AvgIpc) is 2.12. The maximum atomic E-state index is 5.78. The molecular formula is C10H18ClN. The molecule has 0 aromatic carbocycles. The highest BCUT2D eigenvalue weighted by atomic mass is 35.5. The lowest BCUT2D eigenvalue weighted by molar-refractivity contribution is 0.280. The monoisotopic (exact) mass is 187 g/mol. The van der Waals surface area contributed by atoms with Crippen LogP contribution in [0.3, 0.4) is 0 Å². The van der Waals surface area contributed by atoms with Crippen LogP contribution >= 0.6 is 11.6 Å². The first-order chi connectivity index (χ1) is 5.68. The molecule has 1 unspecified atom stereocenters. The van der Waals surface area contributed by atoms with E-state index < -0.39 is 0 Å². The summed E-state index contributed by atoms with van der Waals surface area (Å²) in [7, 11) is 0. The van der Waals surface area contributed by atoms with Crippen molar-refractivity contribution in [2.24, 2.45) is 5.92 Å². The van der Waals surface area contributed by atoms with Crippen molar-refractivity contribution in [3.63, 3.8) is 0 Å². The summed E-state index contributed by atoms with van der Waals surface area (Å²) in [6, 6.07) is 0. The lowest BCUT2D eigenvalue weighted by Gasteiger charge is -2.21. The van der Waals surface area contributed by atoms with E-state index in [0.29, 0.717) is 0 Å². The molecule has 0 bridgehead atoms. The van der Waals surface area contributed by atoms with Gasteiger partial charge in [0.2, 0.25) is 0 Å². The van der Waals surface area contributed by atoms with Crippen molar-refractivity contribution in [1.29, 1.82) is 0 Å². The molecule has 70 valence electrons. The molecule has 1 rings (SSSR count).